The second-order valence-electron chi connectivity index (χ2n) is 4.76. The fraction of sp³-hybridized carbons (Fsp3) is 0.250. The molecule has 0 aromatic heterocycles. The number of nitrogens with one attached hydrogen (secondary N) is 1. The van der Waals surface area contributed by atoms with E-state index in [-0.39, 0.29) is 11.9 Å². The van der Waals surface area contributed by atoms with Crippen LogP contribution in [-0.4, -0.2) is 13.1 Å². The number of benzene rings is 2. The van der Waals surface area contributed by atoms with Crippen molar-refractivity contribution in [1.82, 2.24) is 5.32 Å². The highest BCUT2D eigenvalue weighted by molar-refractivity contribution is 9.10. The molecule has 0 radical (unpaired) electrons. The van der Waals surface area contributed by atoms with Gasteiger partial charge in [-0.05, 0) is 61.3 Å². The lowest BCUT2D eigenvalue weighted by atomic mass is 9.99. The molecule has 0 fully saturated rings. The Morgan fingerprint density at radius 2 is 1.90 bits per heavy atom. The summed E-state index contributed by atoms with van der Waals surface area (Å²) in [7, 11) is 1.83. The predicted octanol–water partition coefficient (Wildman–Crippen LogP) is 4.10. The first-order valence-electron chi connectivity index (χ1n) is 6.44. The van der Waals surface area contributed by atoms with Crippen LogP contribution in [0, 0.1) is 11.6 Å². The molecule has 0 amide bonds. The van der Waals surface area contributed by atoms with Crippen molar-refractivity contribution in [2.24, 2.45) is 0 Å². The summed E-state index contributed by atoms with van der Waals surface area (Å²) in [4.78, 5) is 0. The summed E-state index contributed by atoms with van der Waals surface area (Å²) in [6.07, 6.45) is 1.21. The summed E-state index contributed by atoms with van der Waals surface area (Å²) in [6.45, 7) is 0. The number of hydrogen-bond acceptors (Lipinski definition) is 1. The average Bonchev–Trinajstić information content (AvgIpc) is 2.42. The van der Waals surface area contributed by atoms with Crippen molar-refractivity contribution >= 4 is 15.9 Å². The van der Waals surface area contributed by atoms with Crippen molar-refractivity contribution in [2.75, 3.05) is 7.05 Å². The Hall–Kier alpha value is -1.26. The summed E-state index contributed by atoms with van der Waals surface area (Å²) in [6, 6.07) is 11.6. The highest BCUT2D eigenvalue weighted by atomic mass is 79.9. The first kappa shape index (κ1) is 15.1. The van der Waals surface area contributed by atoms with Crippen LogP contribution in [0.25, 0.3) is 0 Å². The Bertz CT molecular complexity index is 586. The Balaban J connectivity index is 2.11. The van der Waals surface area contributed by atoms with E-state index < -0.39 is 5.82 Å². The first-order chi connectivity index (χ1) is 9.58. The van der Waals surface area contributed by atoms with Crippen LogP contribution in [0.1, 0.15) is 11.1 Å². The predicted molar refractivity (Wildman–Crippen MR) is 80.8 cm³/mol. The van der Waals surface area contributed by atoms with Gasteiger partial charge in [0.05, 0.1) is 0 Å². The van der Waals surface area contributed by atoms with Crippen molar-refractivity contribution in [2.45, 2.75) is 18.9 Å². The molecule has 0 aliphatic rings. The zero-order chi connectivity index (χ0) is 14.5. The van der Waals surface area contributed by atoms with E-state index in [9.17, 15) is 8.78 Å². The van der Waals surface area contributed by atoms with E-state index in [0.29, 0.717) is 12.0 Å². The van der Waals surface area contributed by atoms with Gasteiger partial charge in [-0.2, -0.15) is 0 Å². The summed E-state index contributed by atoms with van der Waals surface area (Å²) in [5, 5.41) is 3.16. The molecule has 20 heavy (non-hydrogen) atoms. The molecule has 0 spiro atoms. The van der Waals surface area contributed by atoms with Crippen LogP contribution in [-0.2, 0) is 12.8 Å². The van der Waals surface area contributed by atoms with Crippen LogP contribution in [0.4, 0.5) is 8.78 Å². The van der Waals surface area contributed by atoms with Gasteiger partial charge in [-0.25, -0.2) is 8.78 Å². The fourth-order valence-electron chi connectivity index (χ4n) is 2.19. The maximum absolute atomic E-state index is 13.7. The van der Waals surface area contributed by atoms with Crippen LogP contribution in [0.5, 0.6) is 0 Å². The molecule has 0 saturated heterocycles. The zero-order valence-corrected chi connectivity index (χ0v) is 12.8. The molecule has 2 aromatic carbocycles. The SMILES string of the molecule is CNC(Cc1cccc(Br)c1)Cc1cc(F)ccc1F. The molecular weight excluding hydrogens is 324 g/mol. The van der Waals surface area contributed by atoms with Crippen LogP contribution >= 0.6 is 15.9 Å². The third-order valence-corrected chi connectivity index (χ3v) is 3.75. The van der Waals surface area contributed by atoms with E-state index in [4.69, 9.17) is 0 Å². The number of halogens is 3. The largest absolute Gasteiger partial charge is 0.316 e. The maximum Gasteiger partial charge on any atom is 0.126 e. The molecule has 2 aromatic rings. The number of rotatable bonds is 5. The van der Waals surface area contributed by atoms with E-state index in [2.05, 4.69) is 21.2 Å². The Kier molecular flexibility index (Phi) is 5.26. The Morgan fingerprint density at radius 3 is 2.60 bits per heavy atom. The zero-order valence-electron chi connectivity index (χ0n) is 11.2. The molecule has 2 rings (SSSR count). The Morgan fingerprint density at radius 1 is 1.10 bits per heavy atom. The molecule has 0 heterocycles. The Labute approximate surface area is 126 Å². The summed E-state index contributed by atoms with van der Waals surface area (Å²) in [5.74, 6) is -0.764. The fourth-order valence-corrected chi connectivity index (χ4v) is 2.64. The smallest absolute Gasteiger partial charge is 0.126 e. The van der Waals surface area contributed by atoms with Gasteiger partial charge in [-0.1, -0.05) is 28.1 Å². The molecule has 0 aliphatic heterocycles. The molecule has 0 bridgehead atoms. The van der Waals surface area contributed by atoms with Crippen molar-refractivity contribution in [3.63, 3.8) is 0 Å². The molecule has 106 valence electrons. The normalized spacial score (nSPS) is 12.4. The van der Waals surface area contributed by atoms with Gasteiger partial charge in [0, 0.05) is 10.5 Å². The summed E-state index contributed by atoms with van der Waals surface area (Å²) >= 11 is 3.43. The van der Waals surface area contributed by atoms with E-state index in [1.54, 1.807) is 0 Å². The lowest BCUT2D eigenvalue weighted by molar-refractivity contribution is 0.525. The van der Waals surface area contributed by atoms with Crippen LogP contribution in [0.15, 0.2) is 46.9 Å². The minimum Gasteiger partial charge on any atom is -0.316 e. The van der Waals surface area contributed by atoms with E-state index in [1.807, 2.05) is 31.3 Å². The summed E-state index contributed by atoms with van der Waals surface area (Å²) < 4.78 is 27.9. The second-order valence-corrected chi connectivity index (χ2v) is 5.68. The van der Waals surface area contributed by atoms with Gasteiger partial charge in [-0.3, -0.25) is 0 Å². The molecule has 1 unspecified atom stereocenters. The van der Waals surface area contributed by atoms with Gasteiger partial charge >= 0.3 is 0 Å². The highest BCUT2D eigenvalue weighted by Gasteiger charge is 2.12. The minimum absolute atomic E-state index is 0.0561. The third kappa shape index (κ3) is 4.12. The highest BCUT2D eigenvalue weighted by Crippen LogP contribution is 2.16. The van der Waals surface area contributed by atoms with E-state index in [1.165, 1.54) is 12.1 Å². The van der Waals surface area contributed by atoms with Gasteiger partial charge in [0.25, 0.3) is 0 Å². The lowest BCUT2D eigenvalue weighted by Gasteiger charge is -2.17. The average molecular weight is 340 g/mol. The van der Waals surface area contributed by atoms with Gasteiger partial charge in [-0.15, -0.1) is 0 Å². The van der Waals surface area contributed by atoms with Crippen molar-refractivity contribution < 1.29 is 8.78 Å². The first-order valence-corrected chi connectivity index (χ1v) is 7.23. The van der Waals surface area contributed by atoms with Crippen LogP contribution in [0.3, 0.4) is 0 Å². The van der Waals surface area contributed by atoms with Gasteiger partial charge in [0.1, 0.15) is 11.6 Å². The van der Waals surface area contributed by atoms with Crippen molar-refractivity contribution in [1.29, 1.82) is 0 Å². The number of hydrogen-bond donors (Lipinski definition) is 1. The second kappa shape index (κ2) is 6.95. The third-order valence-electron chi connectivity index (χ3n) is 3.25. The molecule has 1 nitrogen and oxygen atoms in total. The molecule has 0 aliphatic carbocycles. The number of likely N-dealkylation sites (N-methyl/N-ethyl adjacent to an activating group) is 1. The molecule has 0 saturated carbocycles. The maximum atomic E-state index is 13.7. The monoisotopic (exact) mass is 339 g/mol. The molecule has 1 atom stereocenters. The van der Waals surface area contributed by atoms with Gasteiger partial charge in [0.15, 0.2) is 0 Å². The van der Waals surface area contributed by atoms with Crippen molar-refractivity contribution in [3.8, 4) is 0 Å². The lowest BCUT2D eigenvalue weighted by Crippen LogP contribution is -2.30. The summed E-state index contributed by atoms with van der Waals surface area (Å²) in [5.41, 5.74) is 1.55. The standard InChI is InChI=1S/C16H16BrF2N/c1-20-15(8-11-3-2-4-13(17)7-11)10-12-9-14(18)5-6-16(12)19/h2-7,9,15,20H,8,10H2,1H3. The van der Waals surface area contributed by atoms with Crippen molar-refractivity contribution in [3.05, 3.63) is 69.7 Å². The van der Waals surface area contributed by atoms with Gasteiger partial charge in [0.2, 0.25) is 0 Å². The van der Waals surface area contributed by atoms with E-state index in [0.717, 1.165) is 22.5 Å². The molecule has 1 N–H and O–H groups in total. The quantitative estimate of drug-likeness (QED) is 0.864. The minimum atomic E-state index is -0.404. The topological polar surface area (TPSA) is 12.0 Å². The van der Waals surface area contributed by atoms with Gasteiger partial charge < -0.3 is 5.32 Å². The molecular formula is C16H16BrF2N. The van der Waals surface area contributed by atoms with Crippen LogP contribution in [0.2, 0.25) is 0 Å². The van der Waals surface area contributed by atoms with Crippen LogP contribution < -0.4 is 5.32 Å². The molecule has 4 heteroatoms. The van der Waals surface area contributed by atoms with E-state index >= 15 is 0 Å².